The molecule has 2 aliphatic rings. The summed E-state index contributed by atoms with van der Waals surface area (Å²) < 4.78 is 5.70. The first-order valence-corrected chi connectivity index (χ1v) is 9.64. The first kappa shape index (κ1) is 20.2. The first-order valence-electron chi connectivity index (χ1n) is 9.64. The Morgan fingerprint density at radius 2 is 1.84 bits per heavy atom. The smallest absolute Gasteiger partial charge is 0.325 e. The lowest BCUT2D eigenvalue weighted by Crippen LogP contribution is -2.59. The van der Waals surface area contributed by atoms with E-state index >= 15 is 0 Å². The Bertz CT molecular complexity index is 488. The molecule has 0 aromatic carbocycles. The van der Waals surface area contributed by atoms with Crippen LogP contribution in [0.4, 0.5) is 0 Å². The van der Waals surface area contributed by atoms with E-state index in [2.05, 4.69) is 12.2 Å². The highest BCUT2D eigenvalue weighted by Gasteiger charge is 2.49. The van der Waals surface area contributed by atoms with Gasteiger partial charge in [0.2, 0.25) is 0 Å². The van der Waals surface area contributed by atoms with Crippen LogP contribution in [0.25, 0.3) is 0 Å². The number of ether oxygens (including phenoxy) is 1. The van der Waals surface area contributed by atoms with Crippen LogP contribution in [0.3, 0.4) is 0 Å². The third-order valence-corrected chi connectivity index (χ3v) is 5.61. The maximum Gasteiger partial charge on any atom is 0.325 e. The zero-order valence-electron chi connectivity index (χ0n) is 16.2. The van der Waals surface area contributed by atoms with Crippen LogP contribution < -0.4 is 5.32 Å². The number of likely N-dealkylation sites (tertiary alicyclic amines) is 1. The molecule has 2 saturated heterocycles. The quantitative estimate of drug-likeness (QED) is 0.713. The van der Waals surface area contributed by atoms with E-state index in [1.807, 2.05) is 32.6 Å². The fraction of sp³-hybridized carbons (Fsp3) is 0.895. The van der Waals surface area contributed by atoms with Crippen molar-refractivity contribution in [2.45, 2.75) is 84.0 Å². The maximum absolute atomic E-state index is 13.1. The Hall–Kier alpha value is -1.14. The highest BCUT2D eigenvalue weighted by Crippen LogP contribution is 2.34. The van der Waals surface area contributed by atoms with E-state index < -0.39 is 23.7 Å². The van der Waals surface area contributed by atoms with Crippen molar-refractivity contribution in [2.75, 3.05) is 13.1 Å². The highest BCUT2D eigenvalue weighted by atomic mass is 16.6. The van der Waals surface area contributed by atoms with Gasteiger partial charge in [0.25, 0.3) is 0 Å². The van der Waals surface area contributed by atoms with Gasteiger partial charge in [-0.1, -0.05) is 26.7 Å². The number of nitrogens with zero attached hydrogens (tertiary/aromatic N) is 1. The highest BCUT2D eigenvalue weighted by molar-refractivity contribution is 5.80. The minimum atomic E-state index is -0.830. The van der Waals surface area contributed by atoms with Gasteiger partial charge in [-0.25, -0.2) is 0 Å². The normalized spacial score (nSPS) is 31.9. The summed E-state index contributed by atoms with van der Waals surface area (Å²) in [5.41, 5.74) is -0.585. The van der Waals surface area contributed by atoms with Gasteiger partial charge in [-0.15, -0.1) is 0 Å². The van der Waals surface area contributed by atoms with Crippen LogP contribution in [0.1, 0.15) is 60.3 Å². The number of aliphatic carboxylic acids is 1. The summed E-state index contributed by atoms with van der Waals surface area (Å²) in [7, 11) is 0. The van der Waals surface area contributed by atoms with E-state index in [-0.39, 0.29) is 17.9 Å². The molecule has 0 bridgehead atoms. The third kappa shape index (κ3) is 4.53. The topological polar surface area (TPSA) is 78.9 Å². The van der Waals surface area contributed by atoms with Gasteiger partial charge in [0.05, 0.1) is 0 Å². The van der Waals surface area contributed by atoms with Gasteiger partial charge >= 0.3 is 11.9 Å². The second-order valence-corrected chi connectivity index (χ2v) is 8.39. The van der Waals surface area contributed by atoms with Crippen LogP contribution in [0.15, 0.2) is 0 Å². The number of esters is 1. The first-order chi connectivity index (χ1) is 11.7. The van der Waals surface area contributed by atoms with E-state index in [0.29, 0.717) is 12.5 Å². The fourth-order valence-electron chi connectivity index (χ4n) is 4.43. The summed E-state index contributed by atoms with van der Waals surface area (Å²) in [4.78, 5) is 26.9. The molecular weight excluding hydrogens is 320 g/mol. The second-order valence-electron chi connectivity index (χ2n) is 8.39. The number of rotatable bonds is 6. The predicted molar refractivity (Wildman–Crippen MR) is 96.3 cm³/mol. The number of carbonyl (C=O) groups is 2. The number of hydrogen-bond acceptors (Lipinski definition) is 5. The molecule has 0 aliphatic carbocycles. The summed E-state index contributed by atoms with van der Waals surface area (Å²) in [6.45, 7) is 11.2. The van der Waals surface area contributed by atoms with Gasteiger partial charge in [0.15, 0.2) is 0 Å². The lowest BCUT2D eigenvalue weighted by atomic mass is 9.90. The standard InChI is InChI=1S/C19H34N2O4/c1-6-12-8-10-20-14(12)16(18(24)25-19(3,4)5)21-11-9-13(7-2)15(21)17(22)23/h12-16,20H,6-11H2,1-5H3,(H,22,23)/t12-,13-,14-,15-,16?/m0/s1. The molecule has 0 saturated carbocycles. The van der Waals surface area contributed by atoms with Gasteiger partial charge in [0.1, 0.15) is 17.7 Å². The molecule has 2 aliphatic heterocycles. The summed E-state index contributed by atoms with van der Waals surface area (Å²) in [6.07, 6.45) is 3.61. The zero-order chi connectivity index (χ0) is 18.8. The molecule has 5 atom stereocenters. The van der Waals surface area contributed by atoms with Crippen LogP contribution in [-0.4, -0.2) is 58.8 Å². The lowest BCUT2D eigenvalue weighted by molar-refractivity contribution is -0.165. The van der Waals surface area contributed by atoms with Crippen LogP contribution in [0, 0.1) is 11.8 Å². The van der Waals surface area contributed by atoms with Crippen LogP contribution in [0.2, 0.25) is 0 Å². The molecule has 2 fully saturated rings. The summed E-state index contributed by atoms with van der Waals surface area (Å²) in [6, 6.07) is -1.19. The molecule has 0 aromatic rings. The maximum atomic E-state index is 13.1. The third-order valence-electron chi connectivity index (χ3n) is 5.61. The van der Waals surface area contributed by atoms with Crippen molar-refractivity contribution in [3.63, 3.8) is 0 Å². The predicted octanol–water partition coefficient (Wildman–Crippen LogP) is 2.27. The summed E-state index contributed by atoms with van der Waals surface area (Å²) in [5.74, 6) is -0.672. The van der Waals surface area contributed by atoms with E-state index in [0.717, 1.165) is 32.2 Å². The van der Waals surface area contributed by atoms with Gasteiger partial charge in [-0.3, -0.25) is 14.5 Å². The zero-order valence-corrected chi connectivity index (χ0v) is 16.2. The molecule has 2 heterocycles. The van der Waals surface area contributed by atoms with Crippen molar-refractivity contribution in [3.8, 4) is 0 Å². The Morgan fingerprint density at radius 3 is 2.36 bits per heavy atom. The van der Waals surface area contributed by atoms with Crippen LogP contribution in [0.5, 0.6) is 0 Å². The molecule has 2 rings (SSSR count). The number of carboxylic acids is 1. The van der Waals surface area contributed by atoms with Crippen LogP contribution >= 0.6 is 0 Å². The Kier molecular flexibility index (Phi) is 6.49. The van der Waals surface area contributed by atoms with Crippen molar-refractivity contribution in [3.05, 3.63) is 0 Å². The van der Waals surface area contributed by atoms with Gasteiger partial charge in [-0.2, -0.15) is 0 Å². The van der Waals surface area contributed by atoms with Crippen LogP contribution in [-0.2, 0) is 14.3 Å². The number of nitrogens with one attached hydrogen (secondary N) is 1. The molecular formula is C19H34N2O4. The molecule has 0 aromatic heterocycles. The average molecular weight is 354 g/mol. The van der Waals surface area contributed by atoms with Gasteiger partial charge in [-0.05, 0) is 52.0 Å². The minimum absolute atomic E-state index is 0.0442. The Labute approximate surface area is 151 Å². The molecule has 144 valence electrons. The average Bonchev–Trinajstić information content (AvgIpc) is 3.12. The number of hydrogen-bond donors (Lipinski definition) is 2. The lowest BCUT2D eigenvalue weighted by Gasteiger charge is -2.38. The molecule has 2 N–H and O–H groups in total. The van der Waals surface area contributed by atoms with Crippen molar-refractivity contribution < 1.29 is 19.4 Å². The van der Waals surface area contributed by atoms with Crippen molar-refractivity contribution in [1.29, 1.82) is 0 Å². The summed E-state index contributed by atoms with van der Waals surface area (Å²) in [5, 5.41) is 13.3. The van der Waals surface area contributed by atoms with Crippen molar-refractivity contribution in [1.82, 2.24) is 10.2 Å². The largest absolute Gasteiger partial charge is 0.480 e. The molecule has 0 radical (unpaired) electrons. The van der Waals surface area contributed by atoms with E-state index in [9.17, 15) is 14.7 Å². The number of carbonyl (C=O) groups excluding carboxylic acids is 1. The molecule has 6 heteroatoms. The van der Waals surface area contributed by atoms with E-state index in [4.69, 9.17) is 4.74 Å². The second kappa shape index (κ2) is 8.04. The molecule has 0 spiro atoms. The van der Waals surface area contributed by atoms with Crippen molar-refractivity contribution >= 4 is 11.9 Å². The molecule has 6 nitrogen and oxygen atoms in total. The van der Waals surface area contributed by atoms with E-state index in [1.165, 1.54) is 0 Å². The van der Waals surface area contributed by atoms with Gasteiger partial charge in [0, 0.05) is 12.6 Å². The monoisotopic (exact) mass is 354 g/mol. The molecule has 0 amide bonds. The van der Waals surface area contributed by atoms with Crippen molar-refractivity contribution in [2.24, 2.45) is 11.8 Å². The summed E-state index contributed by atoms with van der Waals surface area (Å²) >= 11 is 0. The minimum Gasteiger partial charge on any atom is -0.480 e. The SMILES string of the molecule is CC[C@H]1CCN[C@@H]1C(C(=O)OC(C)(C)C)N1CC[C@H](CC)[C@H]1C(=O)O. The molecule has 25 heavy (non-hydrogen) atoms. The molecule has 1 unspecified atom stereocenters. The van der Waals surface area contributed by atoms with E-state index in [1.54, 1.807) is 0 Å². The number of carboxylic acid groups (broad SMARTS) is 1. The van der Waals surface area contributed by atoms with Gasteiger partial charge < -0.3 is 15.2 Å². The fourth-order valence-corrected chi connectivity index (χ4v) is 4.43. The Morgan fingerprint density at radius 1 is 1.20 bits per heavy atom. The Balaban J connectivity index is 2.33.